The Morgan fingerprint density at radius 3 is 2.86 bits per heavy atom. The zero-order valence-corrected chi connectivity index (χ0v) is 13.1. The van der Waals surface area contributed by atoms with Gasteiger partial charge in [0.1, 0.15) is 0 Å². The third-order valence-corrected chi connectivity index (χ3v) is 4.32. The topological polar surface area (TPSA) is 94.0 Å². The third kappa shape index (κ3) is 2.13. The fourth-order valence-electron chi connectivity index (χ4n) is 2.83. The van der Waals surface area contributed by atoms with Gasteiger partial charge >= 0.3 is 0 Å². The van der Waals surface area contributed by atoms with Crippen molar-refractivity contribution in [3.63, 3.8) is 0 Å². The lowest BCUT2D eigenvalue weighted by atomic mass is 10.1. The van der Waals surface area contributed by atoms with Crippen LogP contribution in [0.4, 0.5) is 0 Å². The van der Waals surface area contributed by atoms with Crippen molar-refractivity contribution in [2.24, 2.45) is 5.73 Å². The lowest BCUT2D eigenvalue weighted by Gasteiger charge is -2.08. The zero-order chi connectivity index (χ0) is 15.9. The van der Waals surface area contributed by atoms with Gasteiger partial charge in [0.25, 0.3) is 5.91 Å². The van der Waals surface area contributed by atoms with Crippen molar-refractivity contribution >= 4 is 39.5 Å². The van der Waals surface area contributed by atoms with E-state index in [0.717, 1.165) is 27.5 Å². The van der Waals surface area contributed by atoms with Crippen LogP contribution in [-0.2, 0) is 6.54 Å². The molecule has 6 nitrogen and oxygen atoms in total. The first-order valence-electron chi connectivity index (χ1n) is 6.81. The summed E-state index contributed by atoms with van der Waals surface area (Å²) in [6.07, 6.45) is 3.68. The van der Waals surface area contributed by atoms with Crippen LogP contribution in [-0.4, -0.2) is 38.4 Å². The van der Waals surface area contributed by atoms with E-state index in [0.29, 0.717) is 17.3 Å². The minimum atomic E-state index is -0.474. The van der Waals surface area contributed by atoms with Gasteiger partial charge in [0.15, 0.2) is 5.16 Å². The Labute approximate surface area is 131 Å². The number of primary amides is 1. The van der Waals surface area contributed by atoms with Gasteiger partial charge in [0.2, 0.25) is 0 Å². The first-order valence-corrected chi connectivity index (χ1v) is 8.04. The van der Waals surface area contributed by atoms with E-state index in [4.69, 9.17) is 5.73 Å². The third-order valence-electron chi connectivity index (χ3n) is 3.76. The van der Waals surface area contributed by atoms with Crippen LogP contribution < -0.4 is 5.73 Å². The van der Waals surface area contributed by atoms with Gasteiger partial charge in [-0.15, -0.1) is 0 Å². The van der Waals surface area contributed by atoms with Crippen molar-refractivity contribution in [2.45, 2.75) is 18.6 Å². The highest BCUT2D eigenvalue weighted by Crippen LogP contribution is 2.31. The number of thioether (sulfide) groups is 1. The van der Waals surface area contributed by atoms with Crippen LogP contribution in [0, 0.1) is 6.92 Å². The van der Waals surface area contributed by atoms with Gasteiger partial charge in [-0.05, 0) is 13.2 Å². The van der Waals surface area contributed by atoms with Crippen LogP contribution in [0.15, 0.2) is 23.5 Å². The molecule has 3 rings (SSSR count). The molecule has 0 aliphatic carbocycles. The monoisotopic (exact) mass is 316 g/mol. The Kier molecular flexibility index (Phi) is 3.76. The minimum Gasteiger partial charge on any atom is -0.395 e. The summed E-state index contributed by atoms with van der Waals surface area (Å²) in [4.78, 5) is 20.7. The zero-order valence-electron chi connectivity index (χ0n) is 12.3. The van der Waals surface area contributed by atoms with Crippen LogP contribution >= 0.6 is 11.8 Å². The molecule has 3 N–H and O–H groups in total. The van der Waals surface area contributed by atoms with E-state index in [1.54, 1.807) is 6.20 Å². The van der Waals surface area contributed by atoms with Gasteiger partial charge < -0.3 is 15.4 Å². The predicted octanol–water partition coefficient (Wildman–Crippen LogP) is 1.71. The van der Waals surface area contributed by atoms with E-state index in [9.17, 15) is 9.90 Å². The molecule has 7 heteroatoms. The van der Waals surface area contributed by atoms with Crippen molar-refractivity contribution < 1.29 is 9.90 Å². The molecule has 0 aliphatic rings. The Morgan fingerprint density at radius 1 is 1.45 bits per heavy atom. The first kappa shape index (κ1) is 14.8. The van der Waals surface area contributed by atoms with Gasteiger partial charge in [0, 0.05) is 29.2 Å². The summed E-state index contributed by atoms with van der Waals surface area (Å²) >= 11 is 1.46. The van der Waals surface area contributed by atoms with Crippen LogP contribution in [0.5, 0.6) is 0 Å². The average Bonchev–Trinajstić information content (AvgIpc) is 2.80. The van der Waals surface area contributed by atoms with E-state index in [1.165, 1.54) is 11.8 Å². The second-order valence-corrected chi connectivity index (χ2v) is 5.73. The molecule has 22 heavy (non-hydrogen) atoms. The Balaban J connectivity index is 2.50. The SMILES string of the molecule is CSc1ncc2ccc3c(C(N)=O)c(C)n(CCO)c3c2n1. The molecule has 0 saturated heterocycles. The summed E-state index contributed by atoms with van der Waals surface area (Å²) in [6, 6.07) is 3.75. The van der Waals surface area contributed by atoms with Gasteiger partial charge in [-0.2, -0.15) is 0 Å². The van der Waals surface area contributed by atoms with Gasteiger partial charge in [-0.1, -0.05) is 23.9 Å². The lowest BCUT2D eigenvalue weighted by Crippen LogP contribution is -2.13. The summed E-state index contributed by atoms with van der Waals surface area (Å²) in [5.41, 5.74) is 8.34. The molecule has 114 valence electrons. The van der Waals surface area contributed by atoms with Crippen molar-refractivity contribution in [3.8, 4) is 0 Å². The number of aliphatic hydroxyl groups excluding tert-OH is 1. The summed E-state index contributed by atoms with van der Waals surface area (Å²) in [5.74, 6) is -0.474. The number of carbonyl (C=O) groups is 1. The van der Waals surface area contributed by atoms with Crippen LogP contribution in [0.25, 0.3) is 21.8 Å². The number of aliphatic hydroxyl groups is 1. The molecule has 0 aliphatic heterocycles. The molecule has 0 radical (unpaired) electrons. The number of aromatic nitrogens is 3. The Bertz CT molecular complexity index is 888. The maximum Gasteiger partial charge on any atom is 0.251 e. The van der Waals surface area contributed by atoms with E-state index in [-0.39, 0.29) is 6.61 Å². The molecule has 0 atom stereocenters. The second kappa shape index (κ2) is 5.58. The average molecular weight is 316 g/mol. The molecule has 1 amide bonds. The van der Waals surface area contributed by atoms with Crippen molar-refractivity contribution in [1.29, 1.82) is 0 Å². The van der Waals surface area contributed by atoms with E-state index >= 15 is 0 Å². The molecule has 0 unspecified atom stereocenters. The predicted molar refractivity (Wildman–Crippen MR) is 87.2 cm³/mol. The molecular formula is C15H16N4O2S. The summed E-state index contributed by atoms with van der Waals surface area (Å²) < 4.78 is 1.90. The molecule has 3 aromatic rings. The van der Waals surface area contributed by atoms with Crippen LogP contribution in [0.3, 0.4) is 0 Å². The standard InChI is InChI=1S/C15H16N4O2S/c1-8-11(14(16)21)10-4-3-9-7-17-15(22-2)18-12(9)13(10)19(8)5-6-20/h3-4,7,20H,5-6H2,1-2H3,(H2,16,21). The molecule has 1 aromatic carbocycles. The van der Waals surface area contributed by atoms with Crippen LogP contribution in [0.1, 0.15) is 16.1 Å². The normalized spacial score (nSPS) is 11.4. The molecule has 2 aromatic heterocycles. The van der Waals surface area contributed by atoms with Crippen molar-refractivity contribution in [2.75, 3.05) is 12.9 Å². The number of nitrogens with zero attached hydrogens (tertiary/aromatic N) is 3. The first-order chi connectivity index (χ1) is 10.6. The highest BCUT2D eigenvalue weighted by atomic mass is 32.2. The molecule has 0 saturated carbocycles. The number of carbonyl (C=O) groups excluding carboxylic acids is 1. The number of hydrogen-bond acceptors (Lipinski definition) is 5. The molecule has 0 fully saturated rings. The number of fused-ring (bicyclic) bond motifs is 3. The Morgan fingerprint density at radius 2 is 2.23 bits per heavy atom. The fraction of sp³-hybridized carbons (Fsp3) is 0.267. The van der Waals surface area contributed by atoms with Gasteiger partial charge in [-0.3, -0.25) is 4.79 Å². The molecule has 0 spiro atoms. The second-order valence-electron chi connectivity index (χ2n) is 4.96. The van der Waals surface area contributed by atoms with Gasteiger partial charge in [0.05, 0.1) is 23.2 Å². The molecule has 0 bridgehead atoms. The largest absolute Gasteiger partial charge is 0.395 e. The van der Waals surface area contributed by atoms with E-state index < -0.39 is 5.91 Å². The van der Waals surface area contributed by atoms with Crippen molar-refractivity contribution in [1.82, 2.24) is 14.5 Å². The maximum absolute atomic E-state index is 11.8. The number of hydrogen-bond donors (Lipinski definition) is 2. The number of rotatable bonds is 4. The minimum absolute atomic E-state index is 0.0281. The van der Waals surface area contributed by atoms with Gasteiger partial charge in [-0.25, -0.2) is 9.97 Å². The lowest BCUT2D eigenvalue weighted by molar-refractivity contribution is 0.100. The Hall–Kier alpha value is -2.12. The highest BCUT2D eigenvalue weighted by Gasteiger charge is 2.20. The van der Waals surface area contributed by atoms with E-state index in [1.807, 2.05) is 29.9 Å². The summed E-state index contributed by atoms with van der Waals surface area (Å²) in [6.45, 7) is 2.19. The number of benzene rings is 1. The summed E-state index contributed by atoms with van der Waals surface area (Å²) in [7, 11) is 0. The maximum atomic E-state index is 11.8. The number of amides is 1. The van der Waals surface area contributed by atoms with Crippen molar-refractivity contribution in [3.05, 3.63) is 29.6 Å². The van der Waals surface area contributed by atoms with E-state index in [2.05, 4.69) is 9.97 Å². The molecule has 2 heterocycles. The number of nitrogens with two attached hydrogens (primary N) is 1. The fourth-order valence-corrected chi connectivity index (χ4v) is 3.17. The smallest absolute Gasteiger partial charge is 0.251 e. The summed E-state index contributed by atoms with van der Waals surface area (Å²) in [5, 5.41) is 11.7. The van der Waals surface area contributed by atoms with Crippen LogP contribution in [0.2, 0.25) is 0 Å². The highest BCUT2D eigenvalue weighted by molar-refractivity contribution is 7.98. The quantitative estimate of drug-likeness (QED) is 0.564. The molecular weight excluding hydrogens is 300 g/mol.